The third kappa shape index (κ3) is 2.48. The normalized spacial score (nSPS) is 36.4. The minimum atomic E-state index is 0.803. The molecule has 0 aromatic carbocycles. The number of nitrogens with zero attached hydrogens (tertiary/aromatic N) is 1. The summed E-state index contributed by atoms with van der Waals surface area (Å²) < 4.78 is 0. The number of nitrogens with one attached hydrogen (secondary N) is 1. The average Bonchev–Trinajstić information content (AvgIpc) is 2.56. The molecule has 0 radical (unpaired) electrons. The summed E-state index contributed by atoms with van der Waals surface area (Å²) in [5, 5.41) is 3.86. The molecule has 1 aliphatic heterocycles. The highest BCUT2D eigenvalue weighted by molar-refractivity contribution is 4.85. The fourth-order valence-corrected chi connectivity index (χ4v) is 2.87. The van der Waals surface area contributed by atoms with Gasteiger partial charge in [-0.05, 0) is 51.7 Å². The van der Waals surface area contributed by atoms with E-state index in [4.69, 9.17) is 0 Å². The van der Waals surface area contributed by atoms with Gasteiger partial charge in [0.25, 0.3) is 0 Å². The quantitative estimate of drug-likeness (QED) is 0.725. The van der Waals surface area contributed by atoms with Crippen molar-refractivity contribution < 1.29 is 0 Å². The van der Waals surface area contributed by atoms with Gasteiger partial charge in [0.2, 0.25) is 0 Å². The van der Waals surface area contributed by atoms with E-state index in [-0.39, 0.29) is 0 Å². The van der Waals surface area contributed by atoms with Gasteiger partial charge in [0, 0.05) is 12.1 Å². The van der Waals surface area contributed by atoms with Crippen LogP contribution >= 0.6 is 0 Å². The van der Waals surface area contributed by atoms with Crippen molar-refractivity contribution >= 4 is 0 Å². The van der Waals surface area contributed by atoms with E-state index < -0.39 is 0 Å². The van der Waals surface area contributed by atoms with Crippen molar-refractivity contribution in [2.24, 2.45) is 5.92 Å². The number of piperidine rings is 1. The summed E-state index contributed by atoms with van der Waals surface area (Å²) in [4.78, 5) is 2.44. The lowest BCUT2D eigenvalue weighted by molar-refractivity contribution is 0.217. The molecule has 0 spiro atoms. The van der Waals surface area contributed by atoms with E-state index in [1.807, 2.05) is 0 Å². The number of rotatable bonds is 2. The first-order valence-corrected chi connectivity index (χ1v) is 6.20. The maximum atomic E-state index is 3.86. The van der Waals surface area contributed by atoms with Crippen molar-refractivity contribution in [3.05, 3.63) is 0 Å². The SMILES string of the molecule is CC1CCCC1NC1CCN(C)CC1. The van der Waals surface area contributed by atoms with Crippen molar-refractivity contribution in [2.45, 2.75) is 51.1 Å². The van der Waals surface area contributed by atoms with Crippen LogP contribution in [0.1, 0.15) is 39.0 Å². The van der Waals surface area contributed by atoms with Crippen molar-refractivity contribution in [1.82, 2.24) is 10.2 Å². The predicted octanol–water partition coefficient (Wildman–Crippen LogP) is 1.86. The van der Waals surface area contributed by atoms with Gasteiger partial charge < -0.3 is 10.2 Å². The van der Waals surface area contributed by atoms with Gasteiger partial charge in [0.15, 0.2) is 0 Å². The molecule has 2 fully saturated rings. The van der Waals surface area contributed by atoms with Crippen molar-refractivity contribution in [1.29, 1.82) is 0 Å². The van der Waals surface area contributed by atoms with Crippen LogP contribution < -0.4 is 5.32 Å². The molecule has 1 aliphatic carbocycles. The van der Waals surface area contributed by atoms with Crippen molar-refractivity contribution in [3.8, 4) is 0 Å². The first kappa shape index (κ1) is 10.4. The summed E-state index contributed by atoms with van der Waals surface area (Å²) in [5.74, 6) is 0.912. The number of hydrogen-bond acceptors (Lipinski definition) is 2. The Balaban J connectivity index is 1.74. The van der Waals surface area contributed by atoms with E-state index in [2.05, 4.69) is 24.2 Å². The molecule has 2 heteroatoms. The second-order valence-electron chi connectivity index (χ2n) is 5.26. The van der Waals surface area contributed by atoms with E-state index in [1.54, 1.807) is 0 Å². The summed E-state index contributed by atoms with van der Waals surface area (Å²) in [6.45, 7) is 4.96. The Bertz CT molecular complexity index is 173. The van der Waals surface area contributed by atoms with Gasteiger partial charge in [0.1, 0.15) is 0 Å². The molecule has 2 nitrogen and oxygen atoms in total. The molecule has 1 saturated heterocycles. The van der Waals surface area contributed by atoms with Crippen molar-refractivity contribution in [2.75, 3.05) is 20.1 Å². The Morgan fingerprint density at radius 2 is 1.79 bits per heavy atom. The summed E-state index contributed by atoms with van der Waals surface area (Å²) in [7, 11) is 2.23. The lowest BCUT2D eigenvalue weighted by Gasteiger charge is -2.32. The lowest BCUT2D eigenvalue weighted by Crippen LogP contribution is -2.45. The smallest absolute Gasteiger partial charge is 0.00953 e. The maximum absolute atomic E-state index is 3.86. The highest BCUT2D eigenvalue weighted by Gasteiger charge is 2.26. The van der Waals surface area contributed by atoms with Crippen LogP contribution in [-0.2, 0) is 0 Å². The average molecular weight is 196 g/mol. The molecule has 2 rings (SSSR count). The van der Waals surface area contributed by atoms with E-state index in [9.17, 15) is 0 Å². The van der Waals surface area contributed by atoms with Gasteiger partial charge in [-0.1, -0.05) is 13.3 Å². The summed E-state index contributed by atoms with van der Waals surface area (Å²) in [6.07, 6.45) is 6.97. The first-order valence-electron chi connectivity index (χ1n) is 6.20. The van der Waals surface area contributed by atoms with Crippen LogP contribution in [0.5, 0.6) is 0 Å². The molecule has 14 heavy (non-hydrogen) atoms. The third-order valence-corrected chi connectivity index (χ3v) is 4.03. The monoisotopic (exact) mass is 196 g/mol. The second kappa shape index (κ2) is 4.63. The molecule has 82 valence electrons. The highest BCUT2D eigenvalue weighted by atomic mass is 15.1. The molecule has 1 saturated carbocycles. The molecule has 1 N–H and O–H groups in total. The molecule has 0 aromatic rings. The zero-order valence-corrected chi connectivity index (χ0v) is 9.63. The van der Waals surface area contributed by atoms with E-state index in [1.165, 1.54) is 45.2 Å². The Kier molecular flexibility index (Phi) is 3.45. The number of likely N-dealkylation sites (tertiary alicyclic amines) is 1. The van der Waals surface area contributed by atoms with Crippen LogP contribution in [0.25, 0.3) is 0 Å². The molecule has 2 atom stereocenters. The zero-order valence-electron chi connectivity index (χ0n) is 9.63. The van der Waals surface area contributed by atoms with Gasteiger partial charge in [-0.3, -0.25) is 0 Å². The van der Waals surface area contributed by atoms with Crippen LogP contribution in [0.3, 0.4) is 0 Å². The molecule has 0 aromatic heterocycles. The topological polar surface area (TPSA) is 15.3 Å². The minimum absolute atomic E-state index is 0.803. The van der Waals surface area contributed by atoms with Gasteiger partial charge in [-0.2, -0.15) is 0 Å². The van der Waals surface area contributed by atoms with E-state index in [0.29, 0.717) is 0 Å². The fraction of sp³-hybridized carbons (Fsp3) is 1.00. The summed E-state index contributed by atoms with van der Waals surface area (Å²) in [5.41, 5.74) is 0. The third-order valence-electron chi connectivity index (χ3n) is 4.03. The van der Waals surface area contributed by atoms with Crippen LogP contribution in [0, 0.1) is 5.92 Å². The summed E-state index contributed by atoms with van der Waals surface area (Å²) in [6, 6.07) is 1.63. The first-order chi connectivity index (χ1) is 6.75. The Morgan fingerprint density at radius 3 is 2.36 bits per heavy atom. The lowest BCUT2D eigenvalue weighted by atomic mass is 10.0. The molecule has 2 unspecified atom stereocenters. The molecule has 2 aliphatic rings. The Labute approximate surface area is 88.1 Å². The maximum Gasteiger partial charge on any atom is 0.00953 e. The standard InChI is InChI=1S/C12H24N2/c1-10-4-3-5-12(10)13-11-6-8-14(2)9-7-11/h10-13H,3-9H2,1-2H3. The Hall–Kier alpha value is -0.0800. The predicted molar refractivity (Wildman–Crippen MR) is 60.5 cm³/mol. The minimum Gasteiger partial charge on any atom is -0.311 e. The van der Waals surface area contributed by atoms with Gasteiger partial charge >= 0.3 is 0 Å². The van der Waals surface area contributed by atoms with Gasteiger partial charge in [0.05, 0.1) is 0 Å². The van der Waals surface area contributed by atoms with Crippen LogP contribution in [-0.4, -0.2) is 37.1 Å². The van der Waals surface area contributed by atoms with Crippen LogP contribution in [0.15, 0.2) is 0 Å². The molecule has 0 amide bonds. The van der Waals surface area contributed by atoms with Gasteiger partial charge in [-0.25, -0.2) is 0 Å². The van der Waals surface area contributed by atoms with Crippen molar-refractivity contribution in [3.63, 3.8) is 0 Å². The second-order valence-corrected chi connectivity index (χ2v) is 5.26. The zero-order chi connectivity index (χ0) is 9.97. The Morgan fingerprint density at radius 1 is 1.07 bits per heavy atom. The molecular weight excluding hydrogens is 172 g/mol. The number of hydrogen-bond donors (Lipinski definition) is 1. The molecule has 1 heterocycles. The molecular formula is C12H24N2. The van der Waals surface area contributed by atoms with E-state index in [0.717, 1.165) is 18.0 Å². The molecule has 0 bridgehead atoms. The highest BCUT2D eigenvalue weighted by Crippen LogP contribution is 2.26. The summed E-state index contributed by atoms with van der Waals surface area (Å²) >= 11 is 0. The van der Waals surface area contributed by atoms with Crippen LogP contribution in [0.2, 0.25) is 0 Å². The van der Waals surface area contributed by atoms with E-state index >= 15 is 0 Å². The van der Waals surface area contributed by atoms with Crippen LogP contribution in [0.4, 0.5) is 0 Å². The fourth-order valence-electron chi connectivity index (χ4n) is 2.87. The largest absolute Gasteiger partial charge is 0.311 e. The van der Waals surface area contributed by atoms with Gasteiger partial charge in [-0.15, -0.1) is 0 Å².